The number of hydrogen-bond donors (Lipinski definition) is 1. The van der Waals surface area contributed by atoms with E-state index in [-0.39, 0.29) is 17.9 Å². The minimum atomic E-state index is -0.189. The summed E-state index contributed by atoms with van der Waals surface area (Å²) in [6.45, 7) is 3.61. The highest BCUT2D eigenvalue weighted by atomic mass is 16.5. The van der Waals surface area contributed by atoms with Crippen LogP contribution in [0.25, 0.3) is 0 Å². The largest absolute Gasteiger partial charge is 0.496 e. The first kappa shape index (κ1) is 20.7. The fraction of sp³-hybridized carbons (Fsp3) is 0.391. The van der Waals surface area contributed by atoms with Crippen LogP contribution >= 0.6 is 0 Å². The van der Waals surface area contributed by atoms with Gasteiger partial charge in [-0.15, -0.1) is 0 Å². The Labute approximate surface area is 172 Å². The van der Waals surface area contributed by atoms with Gasteiger partial charge in [0, 0.05) is 37.9 Å². The molecule has 6 nitrogen and oxygen atoms in total. The topological polar surface area (TPSA) is 61.9 Å². The van der Waals surface area contributed by atoms with Crippen LogP contribution in [0.4, 0.5) is 10.5 Å². The number of aryl methyl sites for hydroxylation is 1. The highest BCUT2D eigenvalue weighted by molar-refractivity contribution is 5.90. The van der Waals surface area contributed by atoms with Crippen molar-refractivity contribution >= 4 is 17.6 Å². The van der Waals surface area contributed by atoms with E-state index < -0.39 is 0 Å². The molecule has 0 spiro atoms. The fourth-order valence-electron chi connectivity index (χ4n) is 3.76. The lowest BCUT2D eigenvalue weighted by Crippen LogP contribution is -2.47. The van der Waals surface area contributed by atoms with E-state index in [1.807, 2.05) is 62.5 Å². The van der Waals surface area contributed by atoms with Crippen molar-refractivity contribution in [1.82, 2.24) is 9.80 Å². The van der Waals surface area contributed by atoms with Crippen LogP contribution in [0.5, 0.6) is 5.75 Å². The zero-order valence-electron chi connectivity index (χ0n) is 17.4. The first-order chi connectivity index (χ1) is 14.0. The molecule has 0 radical (unpaired) electrons. The number of nitrogens with zero attached hydrogens (tertiary/aromatic N) is 2. The van der Waals surface area contributed by atoms with Crippen LogP contribution in [-0.2, 0) is 11.3 Å². The first-order valence-corrected chi connectivity index (χ1v) is 9.97. The molecule has 0 unspecified atom stereocenters. The molecule has 1 aliphatic heterocycles. The third kappa shape index (κ3) is 5.28. The van der Waals surface area contributed by atoms with E-state index in [9.17, 15) is 9.59 Å². The summed E-state index contributed by atoms with van der Waals surface area (Å²) in [7, 11) is 3.45. The van der Waals surface area contributed by atoms with Crippen LogP contribution in [-0.4, -0.2) is 49.0 Å². The molecule has 1 heterocycles. The molecular weight excluding hydrogens is 366 g/mol. The lowest BCUT2D eigenvalue weighted by atomic mass is 9.96. The number of carbonyl (C=O) groups excluding carboxylic acids is 2. The minimum Gasteiger partial charge on any atom is -0.496 e. The molecule has 0 aromatic heterocycles. The number of piperidine rings is 1. The van der Waals surface area contributed by atoms with Gasteiger partial charge in [0.15, 0.2) is 0 Å². The molecular formula is C23H29N3O3. The Morgan fingerprint density at radius 2 is 1.97 bits per heavy atom. The molecule has 0 bridgehead atoms. The molecule has 2 aromatic rings. The second-order valence-corrected chi connectivity index (χ2v) is 7.59. The molecule has 0 saturated carbocycles. The first-order valence-electron chi connectivity index (χ1n) is 9.97. The van der Waals surface area contributed by atoms with Gasteiger partial charge in [0.05, 0.1) is 13.0 Å². The number of rotatable bonds is 5. The number of para-hydroxylation sites is 1. The summed E-state index contributed by atoms with van der Waals surface area (Å²) in [6.07, 6.45) is 1.61. The van der Waals surface area contributed by atoms with Crippen LogP contribution < -0.4 is 10.1 Å². The van der Waals surface area contributed by atoms with E-state index in [0.717, 1.165) is 35.4 Å². The Kier molecular flexibility index (Phi) is 6.75. The minimum absolute atomic E-state index is 0.0609. The van der Waals surface area contributed by atoms with E-state index in [2.05, 4.69) is 5.32 Å². The van der Waals surface area contributed by atoms with Gasteiger partial charge < -0.3 is 19.9 Å². The van der Waals surface area contributed by atoms with Crippen molar-refractivity contribution in [3.05, 3.63) is 59.7 Å². The molecule has 0 aliphatic carbocycles. The standard InChI is InChI=1S/C23H29N3O3/c1-17-11-12-21(29-3)19(14-17)15-25(2)22(27)18-8-7-13-26(16-18)23(28)24-20-9-5-4-6-10-20/h4-6,9-12,14,18H,7-8,13,15-16H2,1-3H3,(H,24,28)/t18-/m1/s1. The van der Waals surface area contributed by atoms with Crippen molar-refractivity contribution in [2.75, 3.05) is 32.6 Å². The van der Waals surface area contributed by atoms with E-state index >= 15 is 0 Å². The number of urea groups is 1. The van der Waals surface area contributed by atoms with Crippen molar-refractivity contribution in [2.24, 2.45) is 5.92 Å². The third-order valence-corrected chi connectivity index (χ3v) is 5.30. The average Bonchev–Trinajstić information content (AvgIpc) is 2.74. The molecule has 154 valence electrons. The molecule has 2 aromatic carbocycles. The second kappa shape index (κ2) is 9.45. The molecule has 3 rings (SSSR count). The Hall–Kier alpha value is -3.02. The van der Waals surface area contributed by atoms with Crippen molar-refractivity contribution in [3.63, 3.8) is 0 Å². The zero-order valence-corrected chi connectivity index (χ0v) is 17.4. The fourth-order valence-corrected chi connectivity index (χ4v) is 3.76. The van der Waals surface area contributed by atoms with Crippen molar-refractivity contribution in [3.8, 4) is 5.75 Å². The monoisotopic (exact) mass is 395 g/mol. The van der Waals surface area contributed by atoms with Gasteiger partial charge in [0.25, 0.3) is 0 Å². The maximum absolute atomic E-state index is 13.0. The maximum atomic E-state index is 13.0. The van der Waals surface area contributed by atoms with Gasteiger partial charge in [-0.05, 0) is 38.0 Å². The van der Waals surface area contributed by atoms with Crippen molar-refractivity contribution in [1.29, 1.82) is 0 Å². The number of likely N-dealkylation sites (tertiary alicyclic amines) is 1. The molecule has 3 amide bonds. The summed E-state index contributed by atoms with van der Waals surface area (Å²) in [5.41, 5.74) is 2.87. The number of amides is 3. The second-order valence-electron chi connectivity index (χ2n) is 7.59. The van der Waals surface area contributed by atoms with Gasteiger partial charge in [-0.25, -0.2) is 4.79 Å². The van der Waals surface area contributed by atoms with Crippen molar-refractivity contribution < 1.29 is 14.3 Å². The lowest BCUT2D eigenvalue weighted by Gasteiger charge is -2.34. The SMILES string of the molecule is COc1ccc(C)cc1CN(C)C(=O)[C@@H]1CCCN(C(=O)Nc2ccccc2)C1. The predicted octanol–water partition coefficient (Wildman–Crippen LogP) is 3.91. The quantitative estimate of drug-likeness (QED) is 0.835. The molecule has 1 aliphatic rings. The van der Waals surface area contributed by atoms with Gasteiger partial charge in [-0.2, -0.15) is 0 Å². The van der Waals surface area contributed by atoms with Crippen LogP contribution in [0.15, 0.2) is 48.5 Å². The average molecular weight is 396 g/mol. The summed E-state index contributed by atoms with van der Waals surface area (Å²) in [6, 6.07) is 15.2. The number of hydrogen-bond acceptors (Lipinski definition) is 3. The molecule has 1 atom stereocenters. The summed E-state index contributed by atoms with van der Waals surface area (Å²) >= 11 is 0. The van der Waals surface area contributed by atoms with Gasteiger partial charge in [0.1, 0.15) is 5.75 Å². The van der Waals surface area contributed by atoms with Crippen LogP contribution in [0.2, 0.25) is 0 Å². The molecule has 1 N–H and O–H groups in total. The molecule has 1 fully saturated rings. The van der Waals surface area contributed by atoms with Crippen LogP contribution in [0.1, 0.15) is 24.0 Å². The molecule has 29 heavy (non-hydrogen) atoms. The van der Waals surface area contributed by atoms with Gasteiger partial charge >= 0.3 is 6.03 Å². The number of methoxy groups -OCH3 is 1. The molecule has 6 heteroatoms. The molecule has 1 saturated heterocycles. The maximum Gasteiger partial charge on any atom is 0.321 e. The van der Waals surface area contributed by atoms with Crippen LogP contribution in [0, 0.1) is 12.8 Å². The number of anilines is 1. The van der Waals surface area contributed by atoms with E-state index in [4.69, 9.17) is 4.74 Å². The Morgan fingerprint density at radius 1 is 1.21 bits per heavy atom. The van der Waals surface area contributed by atoms with Gasteiger partial charge in [0.2, 0.25) is 5.91 Å². The van der Waals surface area contributed by atoms with Gasteiger partial charge in [-0.3, -0.25) is 4.79 Å². The van der Waals surface area contributed by atoms with E-state index in [1.165, 1.54) is 0 Å². The summed E-state index contributed by atoms with van der Waals surface area (Å²) in [5, 5.41) is 2.91. The van der Waals surface area contributed by atoms with Gasteiger partial charge in [-0.1, -0.05) is 35.9 Å². The smallest absolute Gasteiger partial charge is 0.321 e. The van der Waals surface area contributed by atoms with E-state index in [0.29, 0.717) is 19.6 Å². The summed E-state index contributed by atoms with van der Waals surface area (Å²) in [5.74, 6) is 0.652. The highest BCUT2D eigenvalue weighted by Gasteiger charge is 2.30. The third-order valence-electron chi connectivity index (χ3n) is 5.30. The zero-order chi connectivity index (χ0) is 20.8. The Balaban J connectivity index is 1.61. The number of carbonyl (C=O) groups is 2. The lowest BCUT2D eigenvalue weighted by molar-refractivity contribution is -0.136. The van der Waals surface area contributed by atoms with E-state index in [1.54, 1.807) is 16.9 Å². The highest BCUT2D eigenvalue weighted by Crippen LogP contribution is 2.24. The Morgan fingerprint density at radius 3 is 2.69 bits per heavy atom. The summed E-state index contributed by atoms with van der Waals surface area (Å²) in [4.78, 5) is 29.1. The normalized spacial score (nSPS) is 16.2. The Bertz CT molecular complexity index is 854. The number of benzene rings is 2. The number of ether oxygens (including phenoxy) is 1. The predicted molar refractivity (Wildman–Crippen MR) is 114 cm³/mol. The van der Waals surface area contributed by atoms with Crippen LogP contribution in [0.3, 0.4) is 0 Å². The number of nitrogens with one attached hydrogen (secondary N) is 1. The van der Waals surface area contributed by atoms with Crippen molar-refractivity contribution in [2.45, 2.75) is 26.3 Å². The summed E-state index contributed by atoms with van der Waals surface area (Å²) < 4.78 is 5.43.